The van der Waals surface area contributed by atoms with Crippen LogP contribution in [0.3, 0.4) is 0 Å². The fraction of sp³-hybridized carbons (Fsp3) is 0.231. The van der Waals surface area contributed by atoms with Gasteiger partial charge in [0.2, 0.25) is 5.82 Å². The Labute approximate surface area is 131 Å². The lowest BCUT2D eigenvalue weighted by atomic mass is 10.1. The Kier molecular flexibility index (Phi) is 4.93. The zero-order chi connectivity index (χ0) is 15.4. The van der Waals surface area contributed by atoms with Crippen LogP contribution < -0.4 is 5.32 Å². The molecule has 0 fully saturated rings. The smallest absolute Gasteiger partial charge is 0.337 e. The number of nitrogens with one attached hydrogen (secondary N) is 1. The lowest BCUT2D eigenvalue weighted by Crippen LogP contribution is -2.07. The fourth-order valence-corrected chi connectivity index (χ4v) is 2.30. The number of halogens is 2. The van der Waals surface area contributed by atoms with E-state index in [1.807, 2.05) is 6.92 Å². The third kappa shape index (κ3) is 3.40. The highest BCUT2D eigenvalue weighted by molar-refractivity contribution is 6.36. The van der Waals surface area contributed by atoms with Crippen LogP contribution in [0.15, 0.2) is 24.5 Å². The molecule has 0 spiro atoms. The molecule has 1 aromatic carbocycles. The summed E-state index contributed by atoms with van der Waals surface area (Å²) in [4.78, 5) is 18.8. The first kappa shape index (κ1) is 15.5. The van der Waals surface area contributed by atoms with E-state index in [0.717, 1.165) is 6.42 Å². The van der Waals surface area contributed by atoms with Gasteiger partial charge >= 0.3 is 5.69 Å². The number of nitrogens with zero attached hydrogens (tertiary/aromatic N) is 3. The van der Waals surface area contributed by atoms with Crippen molar-refractivity contribution in [1.29, 1.82) is 0 Å². The van der Waals surface area contributed by atoms with E-state index in [2.05, 4.69) is 15.3 Å². The second-order valence-electron chi connectivity index (χ2n) is 4.23. The van der Waals surface area contributed by atoms with Gasteiger partial charge in [0.25, 0.3) is 0 Å². The zero-order valence-corrected chi connectivity index (χ0v) is 12.6. The Morgan fingerprint density at radius 3 is 2.71 bits per heavy atom. The van der Waals surface area contributed by atoms with E-state index in [0.29, 0.717) is 22.2 Å². The molecule has 1 N–H and O–H groups in total. The molecule has 2 rings (SSSR count). The van der Waals surface area contributed by atoms with E-state index in [1.165, 1.54) is 12.4 Å². The topological polar surface area (TPSA) is 81.0 Å². The van der Waals surface area contributed by atoms with Gasteiger partial charge in [-0.2, -0.15) is 0 Å². The zero-order valence-electron chi connectivity index (χ0n) is 11.1. The summed E-state index contributed by atoms with van der Waals surface area (Å²) in [6, 6.07) is 4.72. The number of hydrogen-bond donors (Lipinski definition) is 1. The van der Waals surface area contributed by atoms with Gasteiger partial charge in [-0.15, -0.1) is 0 Å². The molecule has 2 aromatic rings. The average molecular weight is 327 g/mol. The minimum absolute atomic E-state index is 0.162. The van der Waals surface area contributed by atoms with Gasteiger partial charge in [0.1, 0.15) is 6.33 Å². The summed E-state index contributed by atoms with van der Waals surface area (Å²) in [5, 5.41) is 15.0. The molecule has 110 valence electrons. The van der Waals surface area contributed by atoms with Crippen LogP contribution >= 0.6 is 23.2 Å². The summed E-state index contributed by atoms with van der Waals surface area (Å²) >= 11 is 12.0. The van der Waals surface area contributed by atoms with Crippen molar-refractivity contribution >= 4 is 34.7 Å². The van der Waals surface area contributed by atoms with Crippen LogP contribution in [-0.4, -0.2) is 21.4 Å². The lowest BCUT2D eigenvalue weighted by Gasteiger charge is -2.09. The Balaban J connectivity index is 2.59. The highest BCUT2D eigenvalue weighted by atomic mass is 35.5. The normalized spacial score (nSPS) is 10.4. The van der Waals surface area contributed by atoms with Crippen LogP contribution in [0.1, 0.15) is 13.3 Å². The van der Waals surface area contributed by atoms with Crippen LogP contribution in [0, 0.1) is 10.1 Å². The predicted molar refractivity (Wildman–Crippen MR) is 82.9 cm³/mol. The molecule has 0 radical (unpaired) electrons. The first-order valence-electron chi connectivity index (χ1n) is 6.23. The minimum Gasteiger partial charge on any atom is -0.364 e. The van der Waals surface area contributed by atoms with Crippen molar-refractivity contribution < 1.29 is 4.92 Å². The van der Waals surface area contributed by atoms with Crippen molar-refractivity contribution in [3.8, 4) is 11.3 Å². The lowest BCUT2D eigenvalue weighted by molar-refractivity contribution is -0.383. The maximum Gasteiger partial charge on any atom is 0.337 e. The third-order valence-corrected chi connectivity index (χ3v) is 3.28. The van der Waals surface area contributed by atoms with Gasteiger partial charge in [-0.1, -0.05) is 30.1 Å². The second kappa shape index (κ2) is 6.69. The van der Waals surface area contributed by atoms with Gasteiger partial charge in [0.15, 0.2) is 5.69 Å². The van der Waals surface area contributed by atoms with Gasteiger partial charge < -0.3 is 5.32 Å². The molecular formula is C13H12Cl2N4O2. The number of hydrogen-bond acceptors (Lipinski definition) is 5. The summed E-state index contributed by atoms with van der Waals surface area (Å²) in [7, 11) is 0. The first-order valence-corrected chi connectivity index (χ1v) is 6.98. The molecule has 6 nitrogen and oxygen atoms in total. The molecule has 0 amide bonds. The highest BCUT2D eigenvalue weighted by Crippen LogP contribution is 2.37. The van der Waals surface area contributed by atoms with Crippen LogP contribution in [0.25, 0.3) is 11.3 Å². The molecule has 21 heavy (non-hydrogen) atoms. The summed E-state index contributed by atoms with van der Waals surface area (Å²) in [5.74, 6) is 0.179. The summed E-state index contributed by atoms with van der Waals surface area (Å²) in [5.41, 5.74) is 0.403. The molecule has 0 unspecified atom stereocenters. The first-order chi connectivity index (χ1) is 10.0. The van der Waals surface area contributed by atoms with Crippen molar-refractivity contribution in [3.63, 3.8) is 0 Å². The monoisotopic (exact) mass is 326 g/mol. The molecule has 0 aliphatic carbocycles. The molecule has 1 heterocycles. The molecule has 0 saturated carbocycles. The van der Waals surface area contributed by atoms with Gasteiger partial charge in [-0.25, -0.2) is 9.97 Å². The van der Waals surface area contributed by atoms with E-state index in [4.69, 9.17) is 23.2 Å². The molecule has 0 bridgehead atoms. The molecular weight excluding hydrogens is 315 g/mol. The average Bonchev–Trinajstić information content (AvgIpc) is 2.44. The van der Waals surface area contributed by atoms with Gasteiger partial charge in [-0.05, 0) is 24.6 Å². The number of rotatable bonds is 5. The molecule has 1 aromatic heterocycles. The predicted octanol–water partition coefficient (Wildman–Crippen LogP) is 4.18. The van der Waals surface area contributed by atoms with Crippen molar-refractivity contribution in [1.82, 2.24) is 9.97 Å². The van der Waals surface area contributed by atoms with Crippen LogP contribution in [0.2, 0.25) is 10.0 Å². The molecule has 0 saturated heterocycles. The molecule has 0 aliphatic heterocycles. The number of aromatic nitrogens is 2. The van der Waals surface area contributed by atoms with E-state index < -0.39 is 4.92 Å². The van der Waals surface area contributed by atoms with E-state index in [1.54, 1.807) is 12.1 Å². The van der Waals surface area contributed by atoms with Gasteiger partial charge in [0, 0.05) is 17.1 Å². The largest absolute Gasteiger partial charge is 0.364 e. The van der Waals surface area contributed by atoms with Crippen LogP contribution in [0.5, 0.6) is 0 Å². The maximum atomic E-state index is 11.4. The second-order valence-corrected chi connectivity index (χ2v) is 5.07. The summed E-state index contributed by atoms with van der Waals surface area (Å²) < 4.78 is 0. The maximum absolute atomic E-state index is 11.4. The number of nitro groups is 1. The molecule has 8 heteroatoms. The van der Waals surface area contributed by atoms with Crippen LogP contribution in [-0.2, 0) is 0 Å². The summed E-state index contributed by atoms with van der Waals surface area (Å²) in [6.07, 6.45) is 2.09. The Hall–Kier alpha value is -1.92. The Morgan fingerprint density at radius 2 is 2.10 bits per heavy atom. The fourth-order valence-electron chi connectivity index (χ4n) is 1.80. The van der Waals surface area contributed by atoms with Crippen LogP contribution in [0.4, 0.5) is 11.5 Å². The highest BCUT2D eigenvalue weighted by Gasteiger charge is 2.25. The molecule has 0 aliphatic rings. The Morgan fingerprint density at radius 1 is 1.33 bits per heavy atom. The summed E-state index contributed by atoms with van der Waals surface area (Å²) in [6.45, 7) is 2.53. The van der Waals surface area contributed by atoms with E-state index >= 15 is 0 Å². The third-order valence-electron chi connectivity index (χ3n) is 2.73. The quantitative estimate of drug-likeness (QED) is 0.658. The van der Waals surface area contributed by atoms with E-state index in [9.17, 15) is 10.1 Å². The standard InChI is InChI=1S/C13H12Cl2N4O2/c1-2-5-16-13-12(19(20)21)11(17-7-18-13)9-4-3-8(14)6-10(9)15/h3-4,6-7H,2,5H2,1H3,(H,16,17,18). The van der Waals surface area contributed by atoms with Gasteiger partial charge in [-0.3, -0.25) is 10.1 Å². The number of benzene rings is 1. The van der Waals surface area contributed by atoms with Crippen molar-refractivity contribution in [2.45, 2.75) is 13.3 Å². The van der Waals surface area contributed by atoms with E-state index in [-0.39, 0.29) is 17.2 Å². The van der Waals surface area contributed by atoms with Crippen molar-refractivity contribution in [3.05, 3.63) is 44.7 Å². The Bertz CT molecular complexity index is 679. The number of anilines is 1. The SMILES string of the molecule is CCCNc1ncnc(-c2ccc(Cl)cc2Cl)c1[N+](=O)[O-]. The van der Waals surface area contributed by atoms with Crippen molar-refractivity contribution in [2.75, 3.05) is 11.9 Å². The van der Waals surface area contributed by atoms with Gasteiger partial charge in [0.05, 0.1) is 9.95 Å². The minimum atomic E-state index is -0.516. The molecule has 0 atom stereocenters. The van der Waals surface area contributed by atoms with Crippen molar-refractivity contribution in [2.24, 2.45) is 0 Å².